The predicted octanol–water partition coefficient (Wildman–Crippen LogP) is 3.74. The minimum Gasteiger partial charge on any atom is -0.497 e. The zero-order chi connectivity index (χ0) is 25.5. The zero-order valence-electron chi connectivity index (χ0n) is 20.3. The average molecular weight is 497 g/mol. The summed E-state index contributed by atoms with van der Waals surface area (Å²) in [6, 6.07) is 15.1. The van der Waals surface area contributed by atoms with Crippen molar-refractivity contribution in [2.45, 2.75) is 13.1 Å². The summed E-state index contributed by atoms with van der Waals surface area (Å²) in [6.45, 7) is 2.47. The summed E-state index contributed by atoms with van der Waals surface area (Å²) in [7, 11) is 3.21. The fourth-order valence-corrected chi connectivity index (χ4v) is 4.05. The first-order chi connectivity index (χ1) is 17.5. The molecule has 4 rings (SSSR count). The van der Waals surface area contributed by atoms with Crippen LogP contribution in [0.5, 0.6) is 17.2 Å². The molecule has 1 amide bonds. The number of hydrogen-bond donors (Lipinski definition) is 1. The molecule has 0 atom stereocenters. The van der Waals surface area contributed by atoms with Crippen molar-refractivity contribution in [2.75, 3.05) is 50.3 Å². The Hall–Kier alpha value is -4.05. The van der Waals surface area contributed by atoms with Gasteiger partial charge in [-0.3, -0.25) is 0 Å². The van der Waals surface area contributed by atoms with Crippen molar-refractivity contribution >= 4 is 17.6 Å². The van der Waals surface area contributed by atoms with Crippen molar-refractivity contribution in [2.24, 2.45) is 5.73 Å². The summed E-state index contributed by atoms with van der Waals surface area (Å²) in [4.78, 5) is 19.5. The molecule has 0 radical (unpaired) electrons. The maximum Gasteiger partial charge on any atom is 0.410 e. The lowest BCUT2D eigenvalue weighted by molar-refractivity contribution is 0.122. The zero-order valence-corrected chi connectivity index (χ0v) is 20.3. The molecule has 1 saturated heterocycles. The molecule has 0 unspecified atom stereocenters. The summed E-state index contributed by atoms with van der Waals surface area (Å²) in [5.41, 5.74) is 7.25. The van der Waals surface area contributed by atoms with Gasteiger partial charge in [-0.1, -0.05) is 24.3 Å². The highest BCUT2D eigenvalue weighted by molar-refractivity contribution is 5.74. The third-order valence-electron chi connectivity index (χ3n) is 5.84. The minimum atomic E-state index is -1.04. The molecule has 3 aromatic rings. The minimum absolute atomic E-state index is 0.0282. The van der Waals surface area contributed by atoms with Crippen LogP contribution in [0.2, 0.25) is 0 Å². The number of halogens is 1. The summed E-state index contributed by atoms with van der Waals surface area (Å²) >= 11 is 0. The monoisotopic (exact) mass is 496 g/mol. The van der Waals surface area contributed by atoms with E-state index < -0.39 is 11.9 Å². The summed E-state index contributed by atoms with van der Waals surface area (Å²) in [5, 5.41) is 0. The van der Waals surface area contributed by atoms with Crippen LogP contribution in [0.1, 0.15) is 11.1 Å². The number of anilines is 2. The standard InChI is InChI=1S/C26H29FN4O5/c1-33-20-7-3-18(4-8-20)16-31(17-19-5-9-21(34-2)10-6-19)25-23(27)24(30-11-13-35-14-12-30)22(15-29-25)36-26(28)32/h3-10,15H,11-14,16-17H2,1-2H3,(H2,28,32). The molecule has 1 aromatic heterocycles. The van der Waals surface area contributed by atoms with Crippen LogP contribution in [-0.2, 0) is 17.8 Å². The van der Waals surface area contributed by atoms with Crippen LogP contribution in [0.15, 0.2) is 54.7 Å². The number of ether oxygens (including phenoxy) is 4. The number of carbonyl (C=O) groups is 1. The van der Waals surface area contributed by atoms with E-state index in [1.807, 2.05) is 53.4 Å². The van der Waals surface area contributed by atoms with Crippen LogP contribution >= 0.6 is 0 Å². The Balaban J connectivity index is 1.74. The molecule has 1 fully saturated rings. The molecule has 0 spiro atoms. The fraction of sp³-hybridized carbons (Fsp3) is 0.308. The number of morpholine rings is 1. The molecule has 9 nitrogen and oxygen atoms in total. The normalized spacial score (nSPS) is 13.2. The lowest BCUT2D eigenvalue weighted by Crippen LogP contribution is -2.38. The van der Waals surface area contributed by atoms with Crippen molar-refractivity contribution in [1.82, 2.24) is 4.98 Å². The van der Waals surface area contributed by atoms with Gasteiger partial charge >= 0.3 is 6.09 Å². The van der Waals surface area contributed by atoms with Crippen molar-refractivity contribution < 1.29 is 28.1 Å². The molecule has 2 N–H and O–H groups in total. The van der Waals surface area contributed by atoms with Crippen LogP contribution in [0.25, 0.3) is 0 Å². The average Bonchev–Trinajstić information content (AvgIpc) is 2.89. The van der Waals surface area contributed by atoms with Gasteiger partial charge in [0.25, 0.3) is 0 Å². The molecule has 10 heteroatoms. The van der Waals surface area contributed by atoms with Gasteiger partial charge in [-0.05, 0) is 35.4 Å². The third-order valence-corrected chi connectivity index (χ3v) is 5.84. The van der Waals surface area contributed by atoms with Gasteiger partial charge in [-0.25, -0.2) is 14.2 Å². The molecule has 0 aliphatic carbocycles. The molecule has 0 saturated carbocycles. The Morgan fingerprint density at radius 2 is 1.53 bits per heavy atom. The van der Waals surface area contributed by atoms with Gasteiger partial charge in [0.2, 0.25) is 0 Å². The van der Waals surface area contributed by atoms with E-state index >= 15 is 4.39 Å². The van der Waals surface area contributed by atoms with Crippen LogP contribution in [0, 0.1) is 5.82 Å². The second-order valence-electron chi connectivity index (χ2n) is 8.18. The molecular weight excluding hydrogens is 467 g/mol. The first-order valence-corrected chi connectivity index (χ1v) is 11.5. The lowest BCUT2D eigenvalue weighted by Gasteiger charge is -2.32. The number of primary amides is 1. The molecule has 0 bridgehead atoms. The Morgan fingerprint density at radius 3 is 2.00 bits per heavy atom. The summed E-state index contributed by atoms with van der Waals surface area (Å²) in [6.07, 6.45) is 0.301. The van der Waals surface area contributed by atoms with Gasteiger partial charge in [-0.2, -0.15) is 0 Å². The van der Waals surface area contributed by atoms with Crippen molar-refractivity contribution in [3.63, 3.8) is 0 Å². The van der Waals surface area contributed by atoms with E-state index in [0.717, 1.165) is 22.6 Å². The van der Waals surface area contributed by atoms with Gasteiger partial charge in [0.1, 0.15) is 17.2 Å². The number of pyridine rings is 1. The fourth-order valence-electron chi connectivity index (χ4n) is 4.05. The second-order valence-corrected chi connectivity index (χ2v) is 8.18. The van der Waals surface area contributed by atoms with Crippen molar-refractivity contribution in [1.29, 1.82) is 0 Å². The third kappa shape index (κ3) is 5.95. The van der Waals surface area contributed by atoms with E-state index in [0.29, 0.717) is 39.4 Å². The number of amides is 1. The smallest absolute Gasteiger partial charge is 0.410 e. The summed E-state index contributed by atoms with van der Waals surface area (Å²) in [5.74, 6) is 0.955. The number of aromatic nitrogens is 1. The molecule has 1 aliphatic rings. The highest BCUT2D eigenvalue weighted by Gasteiger charge is 2.27. The first-order valence-electron chi connectivity index (χ1n) is 11.5. The van der Waals surface area contributed by atoms with Gasteiger partial charge < -0.3 is 34.5 Å². The van der Waals surface area contributed by atoms with Gasteiger partial charge in [0.15, 0.2) is 17.4 Å². The second kappa shape index (κ2) is 11.6. The molecule has 190 valence electrons. The van der Waals surface area contributed by atoms with Gasteiger partial charge in [-0.15, -0.1) is 0 Å². The van der Waals surface area contributed by atoms with Crippen molar-refractivity contribution in [3.05, 3.63) is 71.7 Å². The van der Waals surface area contributed by atoms with Crippen LogP contribution < -0.4 is 29.7 Å². The number of nitrogens with zero attached hydrogens (tertiary/aromatic N) is 3. The number of benzene rings is 2. The maximum absolute atomic E-state index is 16.2. The SMILES string of the molecule is COc1ccc(CN(Cc2ccc(OC)cc2)c2ncc(OC(N)=O)c(N3CCOCC3)c2F)cc1. The van der Waals surface area contributed by atoms with E-state index in [9.17, 15) is 4.79 Å². The van der Waals surface area contributed by atoms with Gasteiger partial charge in [0.05, 0.1) is 33.6 Å². The molecular formula is C26H29FN4O5. The van der Waals surface area contributed by atoms with Crippen LogP contribution in [-0.4, -0.2) is 51.6 Å². The Kier molecular flexibility index (Phi) is 8.06. The van der Waals surface area contributed by atoms with E-state index in [1.165, 1.54) is 6.20 Å². The number of carbonyl (C=O) groups excluding carboxylic acids is 1. The largest absolute Gasteiger partial charge is 0.497 e. The number of hydrogen-bond acceptors (Lipinski definition) is 8. The van der Waals surface area contributed by atoms with E-state index in [1.54, 1.807) is 19.1 Å². The number of rotatable bonds is 9. The van der Waals surface area contributed by atoms with Crippen molar-refractivity contribution in [3.8, 4) is 17.2 Å². The Labute approximate surface area is 209 Å². The number of methoxy groups -OCH3 is 2. The van der Waals surface area contributed by atoms with E-state index in [-0.39, 0.29) is 17.3 Å². The first kappa shape index (κ1) is 25.1. The Bertz CT molecular complexity index is 1120. The van der Waals surface area contributed by atoms with Crippen LogP contribution in [0.3, 0.4) is 0 Å². The summed E-state index contributed by atoms with van der Waals surface area (Å²) < 4.78 is 37.2. The molecule has 2 heterocycles. The predicted molar refractivity (Wildman–Crippen MR) is 133 cm³/mol. The lowest BCUT2D eigenvalue weighted by atomic mass is 10.1. The van der Waals surface area contributed by atoms with E-state index in [4.69, 9.17) is 24.7 Å². The maximum atomic E-state index is 16.2. The highest BCUT2D eigenvalue weighted by atomic mass is 19.1. The van der Waals surface area contributed by atoms with Crippen LogP contribution in [0.4, 0.5) is 20.7 Å². The number of nitrogens with two attached hydrogens (primary N) is 1. The van der Waals surface area contributed by atoms with E-state index in [2.05, 4.69) is 4.98 Å². The molecule has 2 aromatic carbocycles. The highest BCUT2D eigenvalue weighted by Crippen LogP contribution is 2.37. The van der Waals surface area contributed by atoms with Gasteiger partial charge in [0, 0.05) is 26.2 Å². The molecule has 36 heavy (non-hydrogen) atoms. The Morgan fingerprint density at radius 1 is 1.00 bits per heavy atom. The quantitative estimate of drug-likeness (QED) is 0.478. The molecule has 1 aliphatic heterocycles. The topological polar surface area (TPSA) is 99.4 Å².